The topological polar surface area (TPSA) is 72.9 Å². The van der Waals surface area contributed by atoms with Gasteiger partial charge in [0.15, 0.2) is 0 Å². The molecule has 0 aromatic heterocycles. The third-order valence-electron chi connectivity index (χ3n) is 3.36. The van der Waals surface area contributed by atoms with E-state index >= 15 is 0 Å². The SMILES string of the molecule is CN(C)CCCCNC(=O)N1CCCC1CC(=O)O. The first kappa shape index (κ1) is 15.8. The Morgan fingerprint density at radius 2 is 2.11 bits per heavy atom. The number of urea groups is 1. The highest BCUT2D eigenvalue weighted by atomic mass is 16.4. The first-order valence-electron chi connectivity index (χ1n) is 6.91. The molecule has 0 aliphatic carbocycles. The molecule has 0 spiro atoms. The number of carboxylic acid groups (broad SMARTS) is 1. The fourth-order valence-electron chi connectivity index (χ4n) is 2.37. The minimum Gasteiger partial charge on any atom is -0.481 e. The summed E-state index contributed by atoms with van der Waals surface area (Å²) in [5.74, 6) is -0.837. The lowest BCUT2D eigenvalue weighted by atomic mass is 10.1. The zero-order valence-corrected chi connectivity index (χ0v) is 11.9. The average molecular weight is 271 g/mol. The van der Waals surface area contributed by atoms with Gasteiger partial charge in [-0.1, -0.05) is 0 Å². The van der Waals surface area contributed by atoms with E-state index in [1.807, 2.05) is 14.1 Å². The van der Waals surface area contributed by atoms with Crippen LogP contribution in [-0.2, 0) is 4.79 Å². The molecular formula is C13H25N3O3. The third kappa shape index (κ3) is 5.92. The van der Waals surface area contributed by atoms with Crippen LogP contribution in [-0.4, -0.2) is 66.7 Å². The summed E-state index contributed by atoms with van der Waals surface area (Å²) in [6.07, 6.45) is 3.73. The molecule has 0 aromatic rings. The van der Waals surface area contributed by atoms with Gasteiger partial charge in [-0.3, -0.25) is 4.79 Å². The molecule has 6 heteroatoms. The molecule has 1 fully saturated rings. The molecule has 2 amide bonds. The molecule has 1 heterocycles. The fourth-order valence-corrected chi connectivity index (χ4v) is 2.37. The van der Waals surface area contributed by atoms with Crippen molar-refractivity contribution in [3.63, 3.8) is 0 Å². The molecule has 110 valence electrons. The zero-order chi connectivity index (χ0) is 14.3. The van der Waals surface area contributed by atoms with E-state index < -0.39 is 5.97 Å². The second kappa shape index (κ2) is 7.99. The second-order valence-corrected chi connectivity index (χ2v) is 5.33. The lowest BCUT2D eigenvalue weighted by Crippen LogP contribution is -2.43. The van der Waals surface area contributed by atoms with Gasteiger partial charge in [0, 0.05) is 19.1 Å². The monoisotopic (exact) mass is 271 g/mol. The van der Waals surface area contributed by atoms with E-state index in [4.69, 9.17) is 5.11 Å². The maximum Gasteiger partial charge on any atom is 0.317 e. The van der Waals surface area contributed by atoms with Crippen molar-refractivity contribution in [2.45, 2.75) is 38.1 Å². The van der Waals surface area contributed by atoms with Crippen molar-refractivity contribution in [1.29, 1.82) is 0 Å². The summed E-state index contributed by atoms with van der Waals surface area (Å²) < 4.78 is 0. The molecule has 2 N–H and O–H groups in total. The highest BCUT2D eigenvalue weighted by Gasteiger charge is 2.29. The Morgan fingerprint density at radius 1 is 1.37 bits per heavy atom. The summed E-state index contributed by atoms with van der Waals surface area (Å²) in [7, 11) is 4.05. The number of unbranched alkanes of at least 4 members (excludes halogenated alkanes) is 1. The van der Waals surface area contributed by atoms with E-state index in [0.717, 1.165) is 32.2 Å². The largest absolute Gasteiger partial charge is 0.481 e. The van der Waals surface area contributed by atoms with Gasteiger partial charge in [0.2, 0.25) is 0 Å². The minimum absolute atomic E-state index is 0.0497. The highest BCUT2D eigenvalue weighted by Crippen LogP contribution is 2.19. The van der Waals surface area contributed by atoms with Crippen LogP contribution in [0.25, 0.3) is 0 Å². The molecule has 0 aromatic carbocycles. The van der Waals surface area contributed by atoms with Gasteiger partial charge in [-0.25, -0.2) is 4.79 Å². The molecule has 1 rings (SSSR count). The number of hydrogen-bond donors (Lipinski definition) is 2. The minimum atomic E-state index is -0.837. The van der Waals surface area contributed by atoms with Crippen LogP contribution >= 0.6 is 0 Å². The van der Waals surface area contributed by atoms with Crippen molar-refractivity contribution in [2.24, 2.45) is 0 Å². The number of carbonyl (C=O) groups is 2. The van der Waals surface area contributed by atoms with Gasteiger partial charge in [0.05, 0.1) is 6.42 Å². The van der Waals surface area contributed by atoms with Gasteiger partial charge in [-0.2, -0.15) is 0 Å². The lowest BCUT2D eigenvalue weighted by Gasteiger charge is -2.23. The summed E-state index contributed by atoms with van der Waals surface area (Å²) >= 11 is 0. The van der Waals surface area contributed by atoms with Gasteiger partial charge in [-0.05, 0) is 46.3 Å². The number of likely N-dealkylation sites (tertiary alicyclic amines) is 1. The Balaban J connectivity index is 2.22. The van der Waals surface area contributed by atoms with Gasteiger partial charge in [0.1, 0.15) is 0 Å². The predicted octanol–water partition coefficient (Wildman–Crippen LogP) is 0.977. The number of rotatable bonds is 7. The predicted molar refractivity (Wildman–Crippen MR) is 73.2 cm³/mol. The molecule has 1 aliphatic rings. The van der Waals surface area contributed by atoms with E-state index in [2.05, 4.69) is 10.2 Å². The van der Waals surface area contributed by atoms with E-state index in [1.165, 1.54) is 0 Å². The Kier molecular flexibility index (Phi) is 6.62. The Hall–Kier alpha value is -1.30. The van der Waals surface area contributed by atoms with E-state index in [0.29, 0.717) is 13.1 Å². The smallest absolute Gasteiger partial charge is 0.317 e. The Bertz CT molecular complexity index is 308. The lowest BCUT2D eigenvalue weighted by molar-refractivity contribution is -0.137. The molecule has 6 nitrogen and oxygen atoms in total. The zero-order valence-electron chi connectivity index (χ0n) is 11.9. The van der Waals surface area contributed by atoms with Crippen molar-refractivity contribution in [2.75, 3.05) is 33.7 Å². The van der Waals surface area contributed by atoms with Crippen LogP contribution in [0.3, 0.4) is 0 Å². The van der Waals surface area contributed by atoms with Crippen molar-refractivity contribution >= 4 is 12.0 Å². The quantitative estimate of drug-likeness (QED) is 0.677. The van der Waals surface area contributed by atoms with Gasteiger partial charge < -0.3 is 20.2 Å². The normalized spacial score (nSPS) is 18.9. The summed E-state index contributed by atoms with van der Waals surface area (Å²) in [6.45, 7) is 2.34. The van der Waals surface area contributed by atoms with E-state index in [9.17, 15) is 9.59 Å². The Morgan fingerprint density at radius 3 is 2.74 bits per heavy atom. The number of nitrogens with zero attached hydrogens (tertiary/aromatic N) is 2. The number of aliphatic carboxylic acids is 1. The molecule has 1 aliphatic heterocycles. The number of carboxylic acids is 1. The van der Waals surface area contributed by atoms with Crippen LogP contribution in [0.5, 0.6) is 0 Å². The van der Waals surface area contributed by atoms with Crippen LogP contribution in [0.1, 0.15) is 32.1 Å². The highest BCUT2D eigenvalue weighted by molar-refractivity contribution is 5.76. The number of amides is 2. The van der Waals surface area contributed by atoms with Crippen molar-refractivity contribution < 1.29 is 14.7 Å². The number of carbonyl (C=O) groups excluding carboxylic acids is 1. The first-order chi connectivity index (χ1) is 9.00. The molecular weight excluding hydrogens is 246 g/mol. The van der Waals surface area contributed by atoms with Gasteiger partial charge >= 0.3 is 12.0 Å². The molecule has 1 saturated heterocycles. The van der Waals surface area contributed by atoms with Crippen LogP contribution in [0.2, 0.25) is 0 Å². The van der Waals surface area contributed by atoms with Crippen molar-refractivity contribution in [3.8, 4) is 0 Å². The van der Waals surface area contributed by atoms with Crippen LogP contribution < -0.4 is 5.32 Å². The molecule has 19 heavy (non-hydrogen) atoms. The summed E-state index contributed by atoms with van der Waals surface area (Å²) in [6, 6.07) is -0.257. The summed E-state index contributed by atoms with van der Waals surface area (Å²) in [5.41, 5.74) is 0. The number of hydrogen-bond acceptors (Lipinski definition) is 3. The van der Waals surface area contributed by atoms with Crippen molar-refractivity contribution in [3.05, 3.63) is 0 Å². The maximum absolute atomic E-state index is 11.9. The molecule has 0 saturated carbocycles. The average Bonchev–Trinajstić information content (AvgIpc) is 2.75. The van der Waals surface area contributed by atoms with Crippen LogP contribution in [0, 0.1) is 0 Å². The van der Waals surface area contributed by atoms with E-state index in [-0.39, 0.29) is 18.5 Å². The van der Waals surface area contributed by atoms with Crippen LogP contribution in [0.4, 0.5) is 4.79 Å². The van der Waals surface area contributed by atoms with Gasteiger partial charge in [-0.15, -0.1) is 0 Å². The molecule has 1 atom stereocenters. The summed E-state index contributed by atoms with van der Waals surface area (Å²) in [4.78, 5) is 26.5. The van der Waals surface area contributed by atoms with Gasteiger partial charge in [0.25, 0.3) is 0 Å². The van der Waals surface area contributed by atoms with E-state index in [1.54, 1.807) is 4.90 Å². The first-order valence-corrected chi connectivity index (χ1v) is 6.91. The number of nitrogens with one attached hydrogen (secondary N) is 1. The molecule has 0 radical (unpaired) electrons. The Labute approximate surface area is 114 Å². The second-order valence-electron chi connectivity index (χ2n) is 5.33. The van der Waals surface area contributed by atoms with Crippen molar-refractivity contribution in [1.82, 2.24) is 15.1 Å². The summed E-state index contributed by atoms with van der Waals surface area (Å²) in [5, 5.41) is 11.7. The molecule has 0 bridgehead atoms. The maximum atomic E-state index is 11.9. The third-order valence-corrected chi connectivity index (χ3v) is 3.36. The van der Waals surface area contributed by atoms with Crippen LogP contribution in [0.15, 0.2) is 0 Å². The fraction of sp³-hybridized carbons (Fsp3) is 0.846. The molecule has 1 unspecified atom stereocenters. The standard InChI is InChI=1S/C13H25N3O3/c1-15(2)8-4-3-7-14-13(19)16-9-5-6-11(16)10-12(17)18/h11H,3-10H2,1-2H3,(H,14,19)(H,17,18).